The Bertz CT molecular complexity index is 343. The van der Waals surface area contributed by atoms with Gasteiger partial charge in [0.15, 0.2) is 0 Å². The van der Waals surface area contributed by atoms with Gasteiger partial charge in [-0.2, -0.15) is 0 Å². The number of hydrogen-bond donors (Lipinski definition) is 0. The lowest BCUT2D eigenvalue weighted by Gasteiger charge is -2.27. The van der Waals surface area contributed by atoms with Crippen molar-refractivity contribution in [3.05, 3.63) is 48.1 Å². The van der Waals surface area contributed by atoms with E-state index in [1.54, 1.807) is 6.21 Å². The minimum atomic E-state index is 0.938. The normalized spacial score (nSPS) is 20.4. The van der Waals surface area contributed by atoms with Gasteiger partial charge in [0.25, 0.3) is 0 Å². The van der Waals surface area contributed by atoms with Crippen molar-refractivity contribution in [1.82, 2.24) is 4.90 Å². The molecule has 0 saturated heterocycles. The summed E-state index contributed by atoms with van der Waals surface area (Å²) in [7, 11) is 0. The molecule has 0 spiro atoms. The summed E-state index contributed by atoms with van der Waals surface area (Å²) in [6.07, 6.45) is 9.68. The Morgan fingerprint density at radius 1 is 1.42 bits per heavy atom. The molecule has 0 aromatic carbocycles. The summed E-state index contributed by atoms with van der Waals surface area (Å²) in [5.41, 5.74) is 2.18. The van der Waals surface area contributed by atoms with E-state index in [9.17, 15) is 0 Å². The van der Waals surface area contributed by atoms with Gasteiger partial charge in [0.1, 0.15) is 5.82 Å². The average Bonchev–Trinajstić information content (AvgIpc) is 2.12. The number of nitrogens with zero attached hydrogens (tertiary/aromatic N) is 2. The van der Waals surface area contributed by atoms with Gasteiger partial charge >= 0.3 is 0 Å². The second kappa shape index (κ2) is 2.48. The largest absolute Gasteiger partial charge is 0.302 e. The Kier molecular flexibility index (Phi) is 1.47. The Morgan fingerprint density at radius 2 is 2.25 bits per heavy atom. The van der Waals surface area contributed by atoms with E-state index in [0.29, 0.717) is 0 Å². The minimum Gasteiger partial charge on any atom is -0.302 e. The Balaban J connectivity index is 2.45. The summed E-state index contributed by atoms with van der Waals surface area (Å²) in [6.45, 7) is 6.01. The number of fused-ring (bicyclic) bond motifs is 1. The van der Waals surface area contributed by atoms with Crippen molar-refractivity contribution >= 4 is 6.21 Å². The van der Waals surface area contributed by atoms with Crippen LogP contribution in [-0.2, 0) is 0 Å². The molecule has 0 saturated carbocycles. The summed E-state index contributed by atoms with van der Waals surface area (Å²) in [6, 6.07) is 0. The Hall–Kier alpha value is -1.57. The third-order valence-electron chi connectivity index (χ3n) is 2.00. The van der Waals surface area contributed by atoms with E-state index in [1.165, 1.54) is 5.57 Å². The van der Waals surface area contributed by atoms with Crippen LogP contribution < -0.4 is 0 Å². The van der Waals surface area contributed by atoms with Gasteiger partial charge in [0.2, 0.25) is 0 Å². The van der Waals surface area contributed by atoms with Crippen LogP contribution in [0.4, 0.5) is 0 Å². The maximum atomic E-state index is 4.21. The van der Waals surface area contributed by atoms with E-state index in [1.807, 2.05) is 36.3 Å². The quantitative estimate of drug-likeness (QED) is 0.527. The van der Waals surface area contributed by atoms with Gasteiger partial charge in [-0.25, -0.2) is 4.99 Å². The van der Waals surface area contributed by atoms with Gasteiger partial charge in [0, 0.05) is 18.1 Å². The number of allylic oxidation sites excluding steroid dienone is 4. The highest BCUT2D eigenvalue weighted by Gasteiger charge is 2.15. The minimum absolute atomic E-state index is 0.938. The molecule has 0 atom stereocenters. The summed E-state index contributed by atoms with van der Waals surface area (Å²) < 4.78 is 0. The Morgan fingerprint density at radius 3 is 3.08 bits per heavy atom. The molecule has 2 rings (SSSR count). The zero-order chi connectivity index (χ0) is 8.55. The summed E-state index contributed by atoms with van der Waals surface area (Å²) in [5, 5.41) is 0. The summed E-state index contributed by atoms with van der Waals surface area (Å²) in [5.74, 6) is 0.938. The molecule has 0 N–H and O–H groups in total. The van der Waals surface area contributed by atoms with Crippen molar-refractivity contribution in [2.75, 3.05) is 0 Å². The second-order valence-electron chi connectivity index (χ2n) is 2.81. The average molecular weight is 158 g/mol. The van der Waals surface area contributed by atoms with Gasteiger partial charge in [-0.1, -0.05) is 12.7 Å². The molecule has 2 aliphatic heterocycles. The SMILES string of the molecule is C=C1C(C)=CC=C2N=CC=CN12. The fraction of sp³-hybridized carbons (Fsp3) is 0.100. The molecule has 0 bridgehead atoms. The third-order valence-corrected chi connectivity index (χ3v) is 2.00. The van der Waals surface area contributed by atoms with Crippen LogP contribution in [0, 0.1) is 0 Å². The maximum Gasteiger partial charge on any atom is 0.136 e. The van der Waals surface area contributed by atoms with E-state index < -0.39 is 0 Å². The first-order valence-corrected chi connectivity index (χ1v) is 3.87. The van der Waals surface area contributed by atoms with E-state index in [-0.39, 0.29) is 0 Å². The highest BCUT2D eigenvalue weighted by atomic mass is 15.2. The topological polar surface area (TPSA) is 15.6 Å². The third kappa shape index (κ3) is 0.925. The zero-order valence-electron chi connectivity index (χ0n) is 6.99. The fourth-order valence-electron chi connectivity index (χ4n) is 1.22. The van der Waals surface area contributed by atoms with Crippen LogP contribution in [0.25, 0.3) is 0 Å². The van der Waals surface area contributed by atoms with Crippen molar-refractivity contribution in [3.63, 3.8) is 0 Å². The van der Waals surface area contributed by atoms with Gasteiger partial charge < -0.3 is 4.90 Å². The number of aliphatic imine (C=N–C) groups is 1. The molecule has 60 valence electrons. The molecule has 0 aliphatic carbocycles. The van der Waals surface area contributed by atoms with Crippen LogP contribution in [0.5, 0.6) is 0 Å². The zero-order valence-corrected chi connectivity index (χ0v) is 6.99. The van der Waals surface area contributed by atoms with Crippen LogP contribution >= 0.6 is 0 Å². The van der Waals surface area contributed by atoms with Crippen molar-refractivity contribution in [2.45, 2.75) is 6.92 Å². The van der Waals surface area contributed by atoms with Crippen molar-refractivity contribution < 1.29 is 0 Å². The van der Waals surface area contributed by atoms with E-state index in [0.717, 1.165) is 11.5 Å². The number of rotatable bonds is 0. The summed E-state index contributed by atoms with van der Waals surface area (Å²) >= 11 is 0. The molecule has 0 amide bonds. The predicted molar refractivity (Wildman–Crippen MR) is 50.5 cm³/mol. The molecule has 0 aromatic rings. The second-order valence-corrected chi connectivity index (χ2v) is 2.81. The lowest BCUT2D eigenvalue weighted by Crippen LogP contribution is -2.19. The van der Waals surface area contributed by atoms with Crippen LogP contribution in [-0.4, -0.2) is 11.1 Å². The predicted octanol–water partition coefficient (Wildman–Crippen LogP) is 2.20. The first-order valence-electron chi connectivity index (χ1n) is 3.87. The van der Waals surface area contributed by atoms with Crippen LogP contribution in [0.1, 0.15) is 6.92 Å². The van der Waals surface area contributed by atoms with Crippen LogP contribution in [0.15, 0.2) is 53.1 Å². The highest BCUT2D eigenvalue weighted by Crippen LogP contribution is 2.25. The smallest absolute Gasteiger partial charge is 0.136 e. The van der Waals surface area contributed by atoms with Crippen molar-refractivity contribution in [3.8, 4) is 0 Å². The molecule has 2 aliphatic rings. The van der Waals surface area contributed by atoms with Crippen LogP contribution in [0.2, 0.25) is 0 Å². The van der Waals surface area contributed by atoms with Gasteiger partial charge in [-0.15, -0.1) is 0 Å². The molecule has 2 heterocycles. The molecule has 0 radical (unpaired) electrons. The highest BCUT2D eigenvalue weighted by molar-refractivity contribution is 5.74. The Labute approximate surface area is 71.9 Å². The maximum absolute atomic E-state index is 4.21. The molecular formula is C10H10N2. The van der Waals surface area contributed by atoms with Crippen molar-refractivity contribution in [2.24, 2.45) is 4.99 Å². The lowest BCUT2D eigenvalue weighted by atomic mass is 10.1. The monoisotopic (exact) mass is 158 g/mol. The standard InChI is InChI=1S/C10H10N2/c1-8-4-5-10-11-6-3-7-12(10)9(8)2/h3-7H,2H2,1H3. The number of hydrogen-bond acceptors (Lipinski definition) is 2. The lowest BCUT2D eigenvalue weighted by molar-refractivity contribution is 0.569. The molecule has 2 nitrogen and oxygen atoms in total. The molecule has 0 aromatic heterocycles. The fourth-order valence-corrected chi connectivity index (χ4v) is 1.22. The first-order chi connectivity index (χ1) is 5.79. The van der Waals surface area contributed by atoms with E-state index in [2.05, 4.69) is 11.6 Å². The first kappa shape index (κ1) is 7.10. The molecule has 12 heavy (non-hydrogen) atoms. The van der Waals surface area contributed by atoms with Gasteiger partial charge in [-0.05, 0) is 24.6 Å². The molecule has 2 heteroatoms. The van der Waals surface area contributed by atoms with Gasteiger partial charge in [0.05, 0.1) is 0 Å². The van der Waals surface area contributed by atoms with E-state index >= 15 is 0 Å². The van der Waals surface area contributed by atoms with Crippen LogP contribution in [0.3, 0.4) is 0 Å². The summed E-state index contributed by atoms with van der Waals surface area (Å²) in [4.78, 5) is 6.19. The van der Waals surface area contributed by atoms with E-state index in [4.69, 9.17) is 0 Å². The molecular weight excluding hydrogens is 148 g/mol. The molecule has 0 unspecified atom stereocenters. The molecule has 0 fully saturated rings. The van der Waals surface area contributed by atoms with Gasteiger partial charge in [-0.3, -0.25) is 0 Å². The van der Waals surface area contributed by atoms with Crippen molar-refractivity contribution in [1.29, 1.82) is 0 Å².